The minimum atomic E-state index is -5.95. The Bertz CT molecular complexity index is 394. The fourth-order valence-electron chi connectivity index (χ4n) is 0.264. The topological polar surface area (TPSA) is 248 Å². The molecule has 18 heavy (non-hydrogen) atoms. The minimum absolute atomic E-state index is 2.69. The fourth-order valence-corrected chi connectivity index (χ4v) is 2.64. The highest BCUT2D eigenvalue weighted by atomic mass is 32.5. The third-order valence-electron chi connectivity index (χ3n) is 0.403. The highest BCUT2D eigenvalue weighted by Crippen LogP contribution is 2.58. The SMILES string of the molecule is O=P([O-])([O-])OP(=O)([O-])OP(=O)([O-])O.[O-]P([O-])(O)=S. The van der Waals surface area contributed by atoms with Crippen LogP contribution in [-0.2, 0) is 34.1 Å². The van der Waals surface area contributed by atoms with Crippen molar-refractivity contribution in [1.82, 2.24) is 0 Å². The molecule has 0 radical (unpaired) electrons. The van der Waals surface area contributed by atoms with Gasteiger partial charge in [-0.2, -0.15) is 0 Å². The summed E-state index contributed by atoms with van der Waals surface area (Å²) in [7, 11) is -17.6. The highest BCUT2D eigenvalue weighted by Gasteiger charge is 2.17. The van der Waals surface area contributed by atoms with Gasteiger partial charge in [-0.15, -0.1) is 11.8 Å². The molecule has 0 aliphatic rings. The molecule has 0 rings (SSSR count). The second kappa shape index (κ2) is 7.09. The summed E-state index contributed by atoms with van der Waals surface area (Å²) < 4.78 is 35.0. The standard InChI is InChI=1S/H5O10P3.H3O3PS/c1-11(2,3)9-13(7,8)10-12(4,5)6;1-4(2,3)5/h(H,7,8)(H2,1,2,3)(H2,4,5,6);(H3,1,2,3,5)/p-6. The van der Waals surface area contributed by atoms with Crippen LogP contribution in [0.1, 0.15) is 0 Å². The van der Waals surface area contributed by atoms with E-state index in [0.29, 0.717) is 0 Å². The Morgan fingerprint density at radius 1 is 0.833 bits per heavy atom. The molecule has 0 amide bonds. The molecule has 0 aromatic heterocycles. The van der Waals surface area contributed by atoms with Gasteiger partial charge in [0.2, 0.25) is 0 Å². The van der Waals surface area contributed by atoms with Crippen molar-refractivity contribution in [2.45, 2.75) is 0 Å². The van der Waals surface area contributed by atoms with Crippen molar-refractivity contribution in [3.8, 4) is 0 Å². The van der Waals surface area contributed by atoms with Gasteiger partial charge in [-0.25, -0.2) is 4.31 Å². The van der Waals surface area contributed by atoms with Gasteiger partial charge in [0.15, 0.2) is 0 Å². The number of hydrogen-bond donors (Lipinski definition) is 2. The summed E-state index contributed by atoms with van der Waals surface area (Å²) in [4.78, 5) is 72.4. The molecule has 0 bridgehead atoms. The van der Waals surface area contributed by atoms with E-state index >= 15 is 0 Å². The third kappa shape index (κ3) is 25.7. The van der Waals surface area contributed by atoms with Crippen molar-refractivity contribution >= 4 is 42.0 Å². The van der Waals surface area contributed by atoms with E-state index in [2.05, 4.69) is 20.4 Å². The molecular formula is H2O13P4S-6. The van der Waals surface area contributed by atoms with Crippen molar-refractivity contribution < 1.29 is 61.5 Å². The molecule has 0 aromatic carbocycles. The Balaban J connectivity index is 0. The molecule has 0 aromatic rings. The fraction of sp³-hybridized carbons (Fsp3) is 0. The predicted molar refractivity (Wildman–Crippen MR) is 43.7 cm³/mol. The summed E-state index contributed by atoms with van der Waals surface area (Å²) in [6.45, 7) is -4.31. The van der Waals surface area contributed by atoms with Gasteiger partial charge in [0.25, 0.3) is 15.6 Å². The van der Waals surface area contributed by atoms with Crippen LogP contribution in [0.3, 0.4) is 0 Å². The zero-order chi connectivity index (χ0) is 15.4. The van der Waals surface area contributed by atoms with Gasteiger partial charge in [-0.05, 0) is 0 Å². The number of hydrogen-bond acceptors (Lipinski definition) is 12. The number of phosphoric acid groups is 3. The van der Waals surface area contributed by atoms with Crippen molar-refractivity contribution in [1.29, 1.82) is 0 Å². The maximum absolute atomic E-state index is 10.1. The Morgan fingerprint density at radius 3 is 1.28 bits per heavy atom. The van der Waals surface area contributed by atoms with E-state index in [9.17, 15) is 33.3 Å². The van der Waals surface area contributed by atoms with E-state index in [1.54, 1.807) is 0 Å². The molecule has 112 valence electrons. The van der Waals surface area contributed by atoms with Crippen molar-refractivity contribution in [2.75, 3.05) is 0 Å². The molecule has 0 aliphatic heterocycles. The summed E-state index contributed by atoms with van der Waals surface area (Å²) in [5, 5.41) is 0. The van der Waals surface area contributed by atoms with E-state index < -0.39 is 30.2 Å². The molecule has 2 N–H and O–H groups in total. The Kier molecular flexibility index (Phi) is 8.37. The molecule has 2 unspecified atom stereocenters. The van der Waals surface area contributed by atoms with Crippen LogP contribution in [0.4, 0.5) is 0 Å². The summed E-state index contributed by atoms with van der Waals surface area (Å²) in [5.41, 5.74) is 0. The van der Waals surface area contributed by atoms with Crippen LogP contribution in [0, 0.1) is 0 Å². The largest absolute Gasteiger partial charge is 0.812 e. The third-order valence-corrected chi connectivity index (χ3v) is 3.63. The monoisotopic (exact) mass is 366 g/mol. The van der Waals surface area contributed by atoms with Crippen LogP contribution in [0.2, 0.25) is 0 Å². The summed E-state index contributed by atoms with van der Waals surface area (Å²) >= 11 is 3.38. The van der Waals surface area contributed by atoms with Gasteiger partial charge in [0.05, 0.1) is 7.82 Å². The van der Waals surface area contributed by atoms with Crippen molar-refractivity contribution in [2.24, 2.45) is 0 Å². The van der Waals surface area contributed by atoms with E-state index in [-0.39, 0.29) is 0 Å². The lowest BCUT2D eigenvalue weighted by Crippen LogP contribution is -2.19. The zero-order valence-corrected chi connectivity index (χ0v) is 12.0. The van der Waals surface area contributed by atoms with Crippen LogP contribution in [0.5, 0.6) is 0 Å². The van der Waals surface area contributed by atoms with Gasteiger partial charge < -0.3 is 43.7 Å². The van der Waals surface area contributed by atoms with Crippen LogP contribution in [0.25, 0.3) is 0 Å². The maximum Gasteiger partial charge on any atom is 0.278 e. The maximum atomic E-state index is 10.1. The Morgan fingerprint density at radius 2 is 1.11 bits per heavy atom. The molecule has 0 saturated carbocycles. The van der Waals surface area contributed by atoms with Gasteiger partial charge in [-0.3, -0.25) is 13.4 Å². The second-order valence-corrected chi connectivity index (χ2v) is 8.35. The van der Waals surface area contributed by atoms with Gasteiger partial charge in [0.1, 0.15) is 0 Å². The first-order valence-electron chi connectivity index (χ1n) is 2.96. The van der Waals surface area contributed by atoms with E-state index in [1.165, 1.54) is 0 Å². The minimum Gasteiger partial charge on any atom is -0.812 e. The average molecular weight is 366 g/mol. The summed E-state index contributed by atoms with van der Waals surface area (Å²) in [6, 6.07) is 0. The molecule has 0 fully saturated rings. The molecule has 0 spiro atoms. The summed E-state index contributed by atoms with van der Waals surface area (Å²) in [6.07, 6.45) is 0. The lowest BCUT2D eigenvalue weighted by molar-refractivity contribution is -0.339. The van der Waals surface area contributed by atoms with E-state index in [1.807, 2.05) is 0 Å². The average Bonchev–Trinajstić information content (AvgIpc) is 1.64. The zero-order valence-electron chi connectivity index (χ0n) is 7.58. The highest BCUT2D eigenvalue weighted by molar-refractivity contribution is 8.04. The smallest absolute Gasteiger partial charge is 0.278 e. The molecule has 18 heteroatoms. The quantitative estimate of drug-likeness (QED) is 0.441. The molecule has 0 saturated heterocycles. The van der Waals surface area contributed by atoms with E-state index in [4.69, 9.17) is 19.6 Å². The number of rotatable bonds is 4. The van der Waals surface area contributed by atoms with Gasteiger partial charge in [0, 0.05) is 0 Å². The molecule has 13 nitrogen and oxygen atoms in total. The normalized spacial score (nSPS) is 19.1. The predicted octanol–water partition coefficient (Wildman–Crippen LogP) is -5.30. The first-order valence-corrected chi connectivity index (χ1v) is 9.96. The Labute approximate surface area is 104 Å². The van der Waals surface area contributed by atoms with Crippen molar-refractivity contribution in [3.63, 3.8) is 0 Å². The molecular weight excluding hydrogens is 364 g/mol. The lowest BCUT2D eigenvalue weighted by Gasteiger charge is -2.36. The van der Waals surface area contributed by atoms with Gasteiger partial charge >= 0.3 is 0 Å². The van der Waals surface area contributed by atoms with Crippen LogP contribution in [0.15, 0.2) is 0 Å². The van der Waals surface area contributed by atoms with Crippen molar-refractivity contribution in [3.05, 3.63) is 0 Å². The van der Waals surface area contributed by atoms with Crippen LogP contribution >= 0.6 is 30.2 Å². The molecule has 2 atom stereocenters. The van der Waals surface area contributed by atoms with Crippen LogP contribution in [-0.4, -0.2) is 9.79 Å². The first kappa shape index (κ1) is 21.2. The molecule has 0 aliphatic carbocycles. The molecule has 0 heterocycles. The summed E-state index contributed by atoms with van der Waals surface area (Å²) in [5.74, 6) is 0. The lowest BCUT2D eigenvalue weighted by atomic mass is 15.7. The first-order chi connectivity index (χ1) is 7.41. The van der Waals surface area contributed by atoms with E-state index in [0.717, 1.165) is 0 Å². The second-order valence-electron chi connectivity index (χ2n) is 1.99. The Hall–Kier alpha value is 0.940. The van der Waals surface area contributed by atoms with Gasteiger partial charge in [-0.1, -0.05) is 6.72 Å². The van der Waals surface area contributed by atoms with Crippen LogP contribution < -0.4 is 29.4 Å².